The molecule has 0 amide bonds. The van der Waals surface area contributed by atoms with Crippen molar-refractivity contribution in [1.82, 2.24) is 0 Å². The summed E-state index contributed by atoms with van der Waals surface area (Å²) in [5.41, 5.74) is 0. The maximum atomic E-state index is 8.33. The monoisotopic (exact) mass is 324 g/mol. The van der Waals surface area contributed by atoms with E-state index in [4.69, 9.17) is 15.0 Å². The van der Waals surface area contributed by atoms with Gasteiger partial charge in [-0.25, -0.2) is 0 Å². The molecule has 10 heteroatoms. The van der Waals surface area contributed by atoms with Crippen LogP contribution >= 0.6 is 0 Å². The van der Waals surface area contributed by atoms with Crippen LogP contribution in [0.15, 0.2) is 0 Å². The molecule has 0 bridgehead atoms. The molecule has 0 radical (unpaired) electrons. The number of hydrogen-bond acceptors (Lipinski definition) is 7. The van der Waals surface area contributed by atoms with E-state index in [9.17, 15) is 0 Å². The van der Waals surface area contributed by atoms with Crippen LogP contribution in [0.5, 0.6) is 0 Å². The van der Waals surface area contributed by atoms with Crippen molar-refractivity contribution in [2.24, 2.45) is 0 Å². The van der Waals surface area contributed by atoms with E-state index < -0.39 is 6.16 Å². The largest absolute Gasteiger partial charge is 4.00 e. The van der Waals surface area contributed by atoms with Crippen molar-refractivity contribution in [2.45, 2.75) is 0 Å². The van der Waals surface area contributed by atoms with Gasteiger partial charge in [0, 0.05) is 0 Å². The molecule has 0 aromatic carbocycles. The van der Waals surface area contributed by atoms with Gasteiger partial charge >= 0.3 is 52.4 Å². The number of hydrogen-bond donors (Lipinski definition) is 0. The normalized spacial score (nSPS) is 2.18. The van der Waals surface area contributed by atoms with Crippen LogP contribution in [-0.2, 0) is 57.9 Å². The summed E-state index contributed by atoms with van der Waals surface area (Å²) in [5, 5.41) is 16.7. The molecule has 0 unspecified atom stereocenters. The van der Waals surface area contributed by atoms with Gasteiger partial charge in [-0.15, -0.1) is 0 Å². The first-order chi connectivity index (χ1) is 1.73. The second-order valence-corrected chi connectivity index (χ2v) is 0.250. The van der Waals surface area contributed by atoms with Crippen molar-refractivity contribution in [1.29, 1.82) is 0 Å². The van der Waals surface area contributed by atoms with Crippen LogP contribution in [0.2, 0.25) is 0 Å². The van der Waals surface area contributed by atoms with Crippen molar-refractivity contribution >= 4 is 6.16 Å². The average Bonchev–Trinajstić information content (AvgIpc) is 0.811. The first kappa shape index (κ1) is 94.4. The molecule has 64 valence electrons. The minimum Gasteiger partial charge on any atom is -2.00 e. The summed E-state index contributed by atoms with van der Waals surface area (Å²) in [7, 11) is 0. The van der Waals surface area contributed by atoms with Gasteiger partial charge < -0.3 is 42.4 Å². The second-order valence-electron chi connectivity index (χ2n) is 0.250. The Hall–Kier alpha value is 0.836. The molecule has 0 atom stereocenters. The van der Waals surface area contributed by atoms with Crippen molar-refractivity contribution in [3.63, 3.8) is 0 Å². The summed E-state index contributed by atoms with van der Waals surface area (Å²) < 4.78 is 0. The van der Waals surface area contributed by atoms with Crippen molar-refractivity contribution in [2.75, 3.05) is 0 Å². The first-order valence-electron chi connectivity index (χ1n) is 0.612. The van der Waals surface area contributed by atoms with Crippen molar-refractivity contribution in [3.05, 3.63) is 0 Å². The van der Waals surface area contributed by atoms with E-state index in [1.807, 2.05) is 0 Å². The van der Waals surface area contributed by atoms with E-state index >= 15 is 0 Å². The molecule has 0 aliphatic rings. The summed E-state index contributed by atoms with van der Waals surface area (Å²) in [4.78, 5) is 8.33. The van der Waals surface area contributed by atoms with Gasteiger partial charge in [-0.2, -0.15) is 0 Å². The van der Waals surface area contributed by atoms with Gasteiger partial charge in [-0.1, -0.05) is 0 Å². The standard InChI is InChI=1S/CH2O3.4H2O.O.2Zr/c2-1(3)4;;;;;;;/h(H2,2,3,4);4*1H2;;;/q;;;;;-2;2*+4/p-6. The molecule has 0 fully saturated rings. The molecule has 0 spiro atoms. The summed E-state index contributed by atoms with van der Waals surface area (Å²) in [5.74, 6) is 0. The Morgan fingerprint density at radius 2 is 0.818 bits per heavy atom. The Morgan fingerprint density at radius 3 is 0.818 bits per heavy atom. The van der Waals surface area contributed by atoms with Crippen molar-refractivity contribution in [3.8, 4) is 0 Å². The zero-order valence-electron chi connectivity index (χ0n) is 4.92. The molecule has 0 aromatic rings. The van der Waals surface area contributed by atoms with Crippen LogP contribution in [0.25, 0.3) is 0 Å². The summed E-state index contributed by atoms with van der Waals surface area (Å²) >= 11 is 0. The van der Waals surface area contributed by atoms with Crippen LogP contribution in [0.3, 0.4) is 0 Å². The molecular weight excluding hydrogens is 322 g/mol. The third kappa shape index (κ3) is 1210. The number of carbonyl (C=O) groups excluding carboxylic acids is 1. The molecule has 0 saturated heterocycles. The molecule has 0 aliphatic carbocycles. The molecule has 0 saturated carbocycles. The maximum Gasteiger partial charge on any atom is 4.00 e. The van der Waals surface area contributed by atoms with E-state index in [1.54, 1.807) is 0 Å². The van der Waals surface area contributed by atoms with Gasteiger partial charge in [0.1, 0.15) is 0 Å². The van der Waals surface area contributed by atoms with E-state index in [0.717, 1.165) is 0 Å². The summed E-state index contributed by atoms with van der Waals surface area (Å²) in [6.45, 7) is 0. The third-order valence-electron chi connectivity index (χ3n) is 0. The SMILES string of the molecule is O=C([O-])[O-].[O-2].[OH-].[OH-].[OH-].[OH-].[Zr+4].[Zr+4]. The quantitative estimate of drug-likeness (QED) is 0.442. The molecule has 11 heavy (non-hydrogen) atoms. The first-order valence-corrected chi connectivity index (χ1v) is 0.612. The van der Waals surface area contributed by atoms with E-state index in [1.165, 1.54) is 0 Å². The van der Waals surface area contributed by atoms with Gasteiger partial charge in [0.15, 0.2) is 0 Å². The van der Waals surface area contributed by atoms with Gasteiger partial charge in [-0.05, 0) is 6.16 Å². The minimum absolute atomic E-state index is 0. The van der Waals surface area contributed by atoms with Gasteiger partial charge in [0.2, 0.25) is 0 Å². The Labute approximate surface area is 100 Å². The van der Waals surface area contributed by atoms with E-state index in [-0.39, 0.29) is 79.8 Å². The maximum absolute atomic E-state index is 8.33. The third-order valence-corrected chi connectivity index (χ3v) is 0. The van der Waals surface area contributed by atoms with Gasteiger partial charge in [0.05, 0.1) is 0 Å². The zero-order chi connectivity index (χ0) is 3.58. The van der Waals surface area contributed by atoms with Gasteiger partial charge in [0.25, 0.3) is 0 Å². The average molecular weight is 326 g/mol. The zero-order valence-corrected chi connectivity index (χ0v) is 9.84. The Kier molecular flexibility index (Phi) is 612. The Bertz CT molecular complexity index is 35.1. The molecule has 0 aromatic heterocycles. The van der Waals surface area contributed by atoms with Gasteiger partial charge in [-0.3, -0.25) is 0 Å². The fourth-order valence-corrected chi connectivity index (χ4v) is 0. The van der Waals surface area contributed by atoms with E-state index in [0.29, 0.717) is 0 Å². The Balaban J connectivity index is -0.00000000214. The smallest absolute Gasteiger partial charge is 2.00 e. The minimum atomic E-state index is -2.33. The van der Waals surface area contributed by atoms with E-state index in [2.05, 4.69) is 0 Å². The van der Waals surface area contributed by atoms with Crippen LogP contribution in [-0.4, -0.2) is 28.1 Å². The number of carboxylic acid groups (broad SMARTS) is 2. The summed E-state index contributed by atoms with van der Waals surface area (Å²) in [6.07, 6.45) is -2.33. The topological polar surface area (TPSA) is 212 Å². The Morgan fingerprint density at radius 1 is 0.818 bits per heavy atom. The fourth-order valence-electron chi connectivity index (χ4n) is 0. The molecule has 0 rings (SSSR count). The summed E-state index contributed by atoms with van der Waals surface area (Å²) in [6, 6.07) is 0. The molecule has 8 nitrogen and oxygen atoms in total. The molecule has 0 heterocycles. The molecular formula is CH4O8Zr2. The molecule has 4 N–H and O–H groups in total. The fraction of sp³-hybridized carbons (Fsp3) is 0. The van der Waals surface area contributed by atoms with Crippen LogP contribution in [0.1, 0.15) is 0 Å². The van der Waals surface area contributed by atoms with Crippen LogP contribution in [0, 0.1) is 0 Å². The predicted octanol–water partition coefficient (Wildman–Crippen LogP) is -3.28. The second kappa shape index (κ2) is 71.2. The van der Waals surface area contributed by atoms with Crippen LogP contribution < -0.4 is 10.2 Å². The van der Waals surface area contributed by atoms with Crippen LogP contribution in [0.4, 0.5) is 4.79 Å². The van der Waals surface area contributed by atoms with Crippen molar-refractivity contribution < 1.29 is 94.8 Å². The number of carbonyl (C=O) groups is 1. The predicted molar refractivity (Wildman–Crippen MR) is 13.8 cm³/mol. The molecule has 0 aliphatic heterocycles. The number of rotatable bonds is 0.